The zero-order chi connectivity index (χ0) is 11.4. The van der Waals surface area contributed by atoms with Crippen molar-refractivity contribution in [3.63, 3.8) is 0 Å². The van der Waals surface area contributed by atoms with Crippen molar-refractivity contribution < 1.29 is 4.79 Å². The number of thiophene rings is 1. The summed E-state index contributed by atoms with van der Waals surface area (Å²) >= 11 is 1.51. The molecule has 0 aliphatic rings. The average Bonchev–Trinajstić information content (AvgIpc) is 2.90. The predicted molar refractivity (Wildman–Crippen MR) is 61.4 cm³/mol. The lowest BCUT2D eigenvalue weighted by atomic mass is 10.3. The molecule has 1 amide bonds. The average molecular weight is 236 g/mol. The Hall–Kier alpha value is -1.69. The van der Waals surface area contributed by atoms with E-state index < -0.39 is 0 Å². The molecule has 0 spiro atoms. The van der Waals surface area contributed by atoms with Crippen LogP contribution in [0.5, 0.6) is 0 Å². The molecule has 0 atom stereocenters. The Bertz CT molecular complexity index is 463. The number of carbonyl (C=O) groups excluding carboxylic acids is 1. The van der Waals surface area contributed by atoms with E-state index in [0.717, 1.165) is 5.82 Å². The molecule has 5 nitrogen and oxygen atoms in total. The molecular formula is C10H12N4OS. The number of amides is 1. The van der Waals surface area contributed by atoms with Gasteiger partial charge in [-0.3, -0.25) is 9.48 Å². The SMILES string of the molecule is Cn1ncnc1CCNC(=O)c1ccsc1. The molecule has 2 heterocycles. The van der Waals surface area contributed by atoms with Crippen LogP contribution in [0.3, 0.4) is 0 Å². The van der Waals surface area contributed by atoms with Crippen molar-refractivity contribution in [1.82, 2.24) is 20.1 Å². The maximum atomic E-state index is 11.6. The molecule has 0 aliphatic carbocycles. The molecule has 0 unspecified atom stereocenters. The van der Waals surface area contributed by atoms with Crippen LogP contribution in [0.15, 0.2) is 23.2 Å². The number of hydrogen-bond acceptors (Lipinski definition) is 4. The summed E-state index contributed by atoms with van der Waals surface area (Å²) in [6, 6.07) is 1.81. The first-order chi connectivity index (χ1) is 7.77. The summed E-state index contributed by atoms with van der Waals surface area (Å²) in [5.41, 5.74) is 0.711. The van der Waals surface area contributed by atoms with E-state index >= 15 is 0 Å². The van der Waals surface area contributed by atoms with Crippen LogP contribution in [0.25, 0.3) is 0 Å². The first-order valence-corrected chi connectivity index (χ1v) is 5.85. The quantitative estimate of drug-likeness (QED) is 0.856. The number of rotatable bonds is 4. The third-order valence-corrected chi connectivity index (χ3v) is 2.91. The highest BCUT2D eigenvalue weighted by Gasteiger charge is 2.05. The Balaban J connectivity index is 1.81. The zero-order valence-electron chi connectivity index (χ0n) is 8.88. The molecule has 2 aromatic heterocycles. The molecule has 0 radical (unpaired) electrons. The van der Waals surface area contributed by atoms with Crippen molar-refractivity contribution in [1.29, 1.82) is 0 Å². The third-order valence-electron chi connectivity index (χ3n) is 2.22. The number of aryl methyl sites for hydroxylation is 1. The molecule has 0 aromatic carbocycles. The van der Waals surface area contributed by atoms with Crippen molar-refractivity contribution in [3.05, 3.63) is 34.5 Å². The van der Waals surface area contributed by atoms with E-state index in [-0.39, 0.29) is 5.91 Å². The normalized spacial score (nSPS) is 10.3. The molecule has 0 saturated heterocycles. The highest BCUT2D eigenvalue weighted by Crippen LogP contribution is 2.05. The molecule has 0 fully saturated rings. The number of aromatic nitrogens is 3. The van der Waals surface area contributed by atoms with E-state index in [1.165, 1.54) is 17.7 Å². The summed E-state index contributed by atoms with van der Waals surface area (Å²) in [5, 5.41) is 10.5. The second-order valence-electron chi connectivity index (χ2n) is 3.32. The second kappa shape index (κ2) is 4.89. The van der Waals surface area contributed by atoms with Crippen molar-refractivity contribution in [2.24, 2.45) is 7.05 Å². The molecule has 0 bridgehead atoms. The second-order valence-corrected chi connectivity index (χ2v) is 4.10. The molecule has 0 aliphatic heterocycles. The van der Waals surface area contributed by atoms with Crippen molar-refractivity contribution in [3.8, 4) is 0 Å². The fourth-order valence-corrected chi connectivity index (χ4v) is 1.97. The maximum absolute atomic E-state index is 11.6. The van der Waals surface area contributed by atoms with Gasteiger partial charge >= 0.3 is 0 Å². The summed E-state index contributed by atoms with van der Waals surface area (Å²) in [5.74, 6) is 0.828. The van der Waals surface area contributed by atoms with E-state index in [1.807, 2.05) is 23.9 Å². The minimum Gasteiger partial charge on any atom is -0.352 e. The van der Waals surface area contributed by atoms with E-state index in [0.29, 0.717) is 18.5 Å². The lowest BCUT2D eigenvalue weighted by molar-refractivity contribution is 0.0954. The Kier molecular flexibility index (Phi) is 3.31. The summed E-state index contributed by atoms with van der Waals surface area (Å²) in [7, 11) is 1.84. The number of nitrogens with zero attached hydrogens (tertiary/aromatic N) is 3. The van der Waals surface area contributed by atoms with E-state index in [4.69, 9.17) is 0 Å². The highest BCUT2D eigenvalue weighted by molar-refractivity contribution is 7.08. The van der Waals surface area contributed by atoms with Gasteiger partial charge in [-0.15, -0.1) is 0 Å². The van der Waals surface area contributed by atoms with Gasteiger partial charge in [-0.2, -0.15) is 16.4 Å². The third kappa shape index (κ3) is 2.46. The standard InChI is InChI=1S/C10H12N4OS/c1-14-9(12-7-13-14)2-4-11-10(15)8-3-5-16-6-8/h3,5-7H,2,4H2,1H3,(H,11,15). The lowest BCUT2D eigenvalue weighted by Gasteiger charge is -2.03. The Labute approximate surface area is 97.1 Å². The van der Waals surface area contributed by atoms with Crippen LogP contribution in [-0.4, -0.2) is 27.2 Å². The lowest BCUT2D eigenvalue weighted by Crippen LogP contribution is -2.26. The molecule has 1 N–H and O–H groups in total. The van der Waals surface area contributed by atoms with Gasteiger partial charge in [-0.25, -0.2) is 4.98 Å². The highest BCUT2D eigenvalue weighted by atomic mass is 32.1. The molecule has 2 rings (SSSR count). The minimum absolute atomic E-state index is 0.0385. The molecule has 2 aromatic rings. The van der Waals surface area contributed by atoms with Gasteiger partial charge in [-0.1, -0.05) is 0 Å². The Morgan fingerprint density at radius 1 is 1.62 bits per heavy atom. The summed E-state index contributed by atoms with van der Waals surface area (Å²) in [6.45, 7) is 0.571. The van der Waals surface area contributed by atoms with E-state index in [9.17, 15) is 4.79 Å². The van der Waals surface area contributed by atoms with E-state index in [2.05, 4.69) is 15.4 Å². The molecular weight excluding hydrogens is 224 g/mol. The minimum atomic E-state index is -0.0385. The fraction of sp³-hybridized carbons (Fsp3) is 0.300. The first-order valence-electron chi connectivity index (χ1n) is 4.90. The number of carbonyl (C=O) groups is 1. The van der Waals surface area contributed by atoms with Gasteiger partial charge in [0.25, 0.3) is 5.91 Å². The summed E-state index contributed by atoms with van der Waals surface area (Å²) in [6.07, 6.45) is 2.20. The smallest absolute Gasteiger partial charge is 0.252 e. The largest absolute Gasteiger partial charge is 0.352 e. The van der Waals surface area contributed by atoms with Gasteiger partial charge < -0.3 is 5.32 Å². The van der Waals surface area contributed by atoms with Crippen molar-refractivity contribution in [2.75, 3.05) is 6.54 Å². The van der Waals surface area contributed by atoms with Crippen LogP contribution in [-0.2, 0) is 13.5 Å². The van der Waals surface area contributed by atoms with E-state index in [1.54, 1.807) is 4.68 Å². The van der Waals surface area contributed by atoms with Crippen molar-refractivity contribution in [2.45, 2.75) is 6.42 Å². The van der Waals surface area contributed by atoms with Gasteiger partial charge in [-0.05, 0) is 11.4 Å². The van der Waals surface area contributed by atoms with Crippen molar-refractivity contribution >= 4 is 17.2 Å². The summed E-state index contributed by atoms with van der Waals surface area (Å²) in [4.78, 5) is 15.6. The van der Waals surface area contributed by atoms with Crippen LogP contribution < -0.4 is 5.32 Å². The monoisotopic (exact) mass is 236 g/mol. The Morgan fingerprint density at radius 2 is 2.50 bits per heavy atom. The predicted octanol–water partition coefficient (Wildman–Crippen LogP) is 0.849. The number of nitrogens with one attached hydrogen (secondary N) is 1. The Morgan fingerprint density at radius 3 is 3.12 bits per heavy atom. The maximum Gasteiger partial charge on any atom is 0.252 e. The van der Waals surface area contributed by atoms with Crippen LogP contribution in [0.2, 0.25) is 0 Å². The van der Waals surface area contributed by atoms with Gasteiger partial charge in [0, 0.05) is 31.0 Å². The van der Waals surface area contributed by atoms with Gasteiger partial charge in [0.05, 0.1) is 0 Å². The zero-order valence-corrected chi connectivity index (χ0v) is 9.70. The van der Waals surface area contributed by atoms with Crippen LogP contribution in [0, 0.1) is 0 Å². The van der Waals surface area contributed by atoms with Crippen LogP contribution >= 0.6 is 11.3 Å². The van der Waals surface area contributed by atoms with Gasteiger partial charge in [0.1, 0.15) is 12.2 Å². The van der Waals surface area contributed by atoms with Crippen LogP contribution in [0.4, 0.5) is 0 Å². The molecule has 6 heteroatoms. The number of hydrogen-bond donors (Lipinski definition) is 1. The summed E-state index contributed by atoms with van der Waals surface area (Å²) < 4.78 is 1.71. The fourth-order valence-electron chi connectivity index (χ4n) is 1.33. The molecule has 84 valence electrons. The van der Waals surface area contributed by atoms with Crippen LogP contribution in [0.1, 0.15) is 16.2 Å². The van der Waals surface area contributed by atoms with Gasteiger partial charge in [0.2, 0.25) is 0 Å². The topological polar surface area (TPSA) is 59.8 Å². The molecule has 0 saturated carbocycles. The van der Waals surface area contributed by atoms with Gasteiger partial charge in [0.15, 0.2) is 0 Å². The first kappa shape index (κ1) is 10.8. The molecule has 16 heavy (non-hydrogen) atoms.